The maximum Gasteiger partial charge on any atom is 0.229 e. The van der Waals surface area contributed by atoms with Gasteiger partial charge in [0, 0.05) is 108 Å². The van der Waals surface area contributed by atoms with Crippen molar-refractivity contribution in [1.82, 2.24) is 34.1 Å². The van der Waals surface area contributed by atoms with Crippen molar-refractivity contribution >= 4 is 51.1 Å². The number of nitrogens with zero attached hydrogens (tertiary/aromatic N) is 7. The van der Waals surface area contributed by atoms with Crippen LogP contribution >= 0.6 is 0 Å². The zero-order valence-electron chi connectivity index (χ0n) is 38.2. The summed E-state index contributed by atoms with van der Waals surface area (Å²) in [6, 6.07) is 22.7. The molecule has 0 unspecified atom stereocenters. The van der Waals surface area contributed by atoms with E-state index in [0.717, 1.165) is 46.3 Å². The number of carbonyl (C=O) groups is 1. The summed E-state index contributed by atoms with van der Waals surface area (Å²) in [5, 5.41) is 8.22. The van der Waals surface area contributed by atoms with E-state index in [0.29, 0.717) is 88.6 Å². The van der Waals surface area contributed by atoms with Gasteiger partial charge in [0.15, 0.2) is 34.4 Å². The van der Waals surface area contributed by atoms with Gasteiger partial charge >= 0.3 is 0 Å². The van der Waals surface area contributed by atoms with Crippen molar-refractivity contribution < 1.29 is 38.0 Å². The minimum atomic E-state index is 0.120. The number of hydrogen-bond donors (Lipinski definition) is 2. The number of nitrogens with one attached hydrogen (secondary N) is 2. The molecule has 17 heteroatoms. The molecule has 0 amide bonds. The maximum absolute atomic E-state index is 12.8. The number of Topliss-reactive ketones (excluding diaryl/α,β-unsaturated/α-hetero) is 1. The zero-order valence-corrected chi connectivity index (χ0v) is 38.2. The Bertz CT molecular complexity index is 2870. The molecule has 17 nitrogen and oxygen atoms in total. The molecule has 0 bridgehead atoms. The van der Waals surface area contributed by atoms with Gasteiger partial charge in [0.1, 0.15) is 11.5 Å². The van der Waals surface area contributed by atoms with E-state index in [1.807, 2.05) is 90.1 Å². The smallest absolute Gasteiger partial charge is 0.229 e. The number of hydrogen-bond acceptors (Lipinski definition) is 15. The molecule has 5 aromatic heterocycles. The molecule has 0 aliphatic heterocycles. The van der Waals surface area contributed by atoms with E-state index in [1.165, 1.54) is 0 Å². The van der Waals surface area contributed by atoms with E-state index in [1.54, 1.807) is 79.3 Å². The van der Waals surface area contributed by atoms with Crippen LogP contribution in [0.15, 0.2) is 104 Å². The van der Waals surface area contributed by atoms with Gasteiger partial charge in [-0.15, -0.1) is 0 Å². The minimum Gasteiger partial charge on any atom is -0.493 e. The maximum atomic E-state index is 12.8. The predicted octanol–water partition coefficient (Wildman–Crippen LogP) is 9.47. The molecular formula is C49H53N9O8. The quantitative estimate of drug-likeness (QED) is 0.0578. The molecule has 342 valence electrons. The number of methoxy groups -OCH3 is 6. The minimum absolute atomic E-state index is 0.120. The fraction of sp³-hybridized carbons (Fsp3) is 0.265. The van der Waals surface area contributed by atoms with Gasteiger partial charge in [0.05, 0.1) is 42.7 Å². The van der Waals surface area contributed by atoms with Crippen LogP contribution in [0.25, 0.3) is 33.6 Å². The van der Waals surface area contributed by atoms with E-state index < -0.39 is 0 Å². The number of pyridine rings is 1. The first-order valence-electron chi connectivity index (χ1n) is 21.2. The molecule has 0 saturated heterocycles. The third kappa shape index (κ3) is 10.5. The summed E-state index contributed by atoms with van der Waals surface area (Å²) in [5.74, 6) is 4.92. The van der Waals surface area contributed by atoms with Gasteiger partial charge in [-0.3, -0.25) is 9.36 Å². The SMILES string of the molecule is CCOCCCCC(=O)c1cccc(-n2ccc3cnc(Nc4cc(OC)c(OC)c(OC)c4)nc32)c1.COc1cc(Nc2ncc3ccn(-c4ccc(C)cn4)c3n2)cc(OC)c1OC. The molecule has 2 N–H and O–H groups in total. The van der Waals surface area contributed by atoms with E-state index >= 15 is 0 Å². The molecule has 3 aromatic carbocycles. The average molecular weight is 896 g/mol. The molecule has 0 aliphatic rings. The standard InChI is InChI=1S/C28H32N4O5.C21H21N5O3/c1-5-37-14-7-6-11-23(33)19-9-8-10-22(15-19)32-13-12-20-18-29-28(31-27(20)32)30-21-16-24(34-2)26(36-4)25(17-21)35-3;1-13-5-6-18(22-11-13)26-8-7-14-12-23-21(25-20(14)26)24-15-9-16(27-2)19(29-4)17(10-15)28-3/h8-10,12-13,15-18H,5-7,11,14H2,1-4H3,(H,29,30,31);5-12H,1-4H3,(H,23,24,25). The van der Waals surface area contributed by atoms with Gasteiger partial charge < -0.3 is 48.4 Å². The third-order valence-corrected chi connectivity index (χ3v) is 10.4. The second kappa shape index (κ2) is 21.6. The molecule has 8 rings (SSSR count). The highest BCUT2D eigenvalue weighted by Crippen LogP contribution is 2.41. The largest absolute Gasteiger partial charge is 0.493 e. The number of anilines is 4. The molecule has 8 aromatic rings. The Hall–Kier alpha value is -7.92. The van der Waals surface area contributed by atoms with Crippen LogP contribution in [0.2, 0.25) is 0 Å². The van der Waals surface area contributed by atoms with Crippen LogP contribution in [0.3, 0.4) is 0 Å². The number of rotatable bonds is 19. The third-order valence-electron chi connectivity index (χ3n) is 10.4. The topological polar surface area (TPSA) is 180 Å². The van der Waals surface area contributed by atoms with E-state index in [-0.39, 0.29) is 5.78 Å². The van der Waals surface area contributed by atoms with Crippen molar-refractivity contribution in [3.8, 4) is 46.0 Å². The predicted molar refractivity (Wildman–Crippen MR) is 254 cm³/mol. The molecule has 0 saturated carbocycles. The number of benzene rings is 3. The second-order valence-corrected chi connectivity index (χ2v) is 14.7. The summed E-state index contributed by atoms with van der Waals surface area (Å²) < 4.78 is 41.7. The molecule has 0 aliphatic carbocycles. The number of carbonyl (C=O) groups excluding carboxylic acids is 1. The second-order valence-electron chi connectivity index (χ2n) is 14.7. The van der Waals surface area contributed by atoms with Gasteiger partial charge in [-0.1, -0.05) is 18.2 Å². The molecule has 0 radical (unpaired) electrons. The van der Waals surface area contributed by atoms with Gasteiger partial charge in [-0.05, 0) is 62.6 Å². The lowest BCUT2D eigenvalue weighted by Crippen LogP contribution is -2.03. The Labute approximate surface area is 382 Å². The highest BCUT2D eigenvalue weighted by Gasteiger charge is 2.17. The van der Waals surface area contributed by atoms with Gasteiger partial charge in [0.25, 0.3) is 0 Å². The number of ketones is 1. The number of unbranched alkanes of at least 4 members (excludes halogenated alkanes) is 1. The lowest BCUT2D eigenvalue weighted by atomic mass is 10.0. The van der Waals surface area contributed by atoms with E-state index in [9.17, 15) is 4.79 Å². The fourth-order valence-corrected chi connectivity index (χ4v) is 7.12. The molecule has 66 heavy (non-hydrogen) atoms. The van der Waals surface area contributed by atoms with Crippen LogP contribution in [-0.2, 0) is 4.74 Å². The van der Waals surface area contributed by atoms with Crippen LogP contribution in [-0.4, -0.2) is 95.7 Å². The average Bonchev–Trinajstić information content (AvgIpc) is 3.98. The Kier molecular flexibility index (Phi) is 15.1. The number of ether oxygens (including phenoxy) is 7. The summed E-state index contributed by atoms with van der Waals surface area (Å²) in [4.78, 5) is 35.5. The first-order valence-corrected chi connectivity index (χ1v) is 21.2. The fourth-order valence-electron chi connectivity index (χ4n) is 7.12. The molecular weight excluding hydrogens is 843 g/mol. The van der Waals surface area contributed by atoms with Crippen molar-refractivity contribution in [1.29, 1.82) is 0 Å². The van der Waals surface area contributed by atoms with Crippen LogP contribution in [0.1, 0.15) is 42.1 Å². The summed E-state index contributed by atoms with van der Waals surface area (Å²) in [6.07, 6.45) is 11.4. The number of aromatic nitrogens is 7. The van der Waals surface area contributed by atoms with Gasteiger partial charge in [0.2, 0.25) is 23.4 Å². The van der Waals surface area contributed by atoms with Crippen molar-refractivity contribution in [2.75, 3.05) is 66.5 Å². The Morgan fingerprint density at radius 1 is 0.606 bits per heavy atom. The molecule has 0 spiro atoms. The van der Waals surface area contributed by atoms with E-state index in [2.05, 4.69) is 30.6 Å². The Balaban J connectivity index is 0.000000202. The summed E-state index contributed by atoms with van der Waals surface area (Å²) in [5.41, 5.74) is 5.50. The Morgan fingerprint density at radius 3 is 1.65 bits per heavy atom. The zero-order chi connectivity index (χ0) is 46.6. The van der Waals surface area contributed by atoms with Crippen LogP contribution in [0, 0.1) is 6.92 Å². The van der Waals surface area contributed by atoms with Gasteiger partial charge in [-0.25, -0.2) is 15.0 Å². The molecule has 5 heterocycles. The summed E-state index contributed by atoms with van der Waals surface area (Å²) in [6.45, 7) is 5.36. The summed E-state index contributed by atoms with van der Waals surface area (Å²) in [7, 11) is 9.41. The lowest BCUT2D eigenvalue weighted by molar-refractivity contribution is 0.0970. The summed E-state index contributed by atoms with van der Waals surface area (Å²) >= 11 is 0. The van der Waals surface area contributed by atoms with Gasteiger partial charge in [-0.2, -0.15) is 9.97 Å². The highest BCUT2D eigenvalue weighted by molar-refractivity contribution is 5.96. The number of aryl methyl sites for hydroxylation is 1. The van der Waals surface area contributed by atoms with Crippen LogP contribution < -0.4 is 39.1 Å². The van der Waals surface area contributed by atoms with E-state index in [4.69, 9.17) is 38.1 Å². The van der Waals surface area contributed by atoms with Crippen LogP contribution in [0.4, 0.5) is 23.3 Å². The molecule has 0 fully saturated rings. The number of fused-ring (bicyclic) bond motifs is 2. The van der Waals surface area contributed by atoms with Crippen LogP contribution in [0.5, 0.6) is 34.5 Å². The van der Waals surface area contributed by atoms with Crippen molar-refractivity contribution in [3.05, 3.63) is 115 Å². The van der Waals surface area contributed by atoms with Crippen molar-refractivity contribution in [3.63, 3.8) is 0 Å². The molecule has 0 atom stereocenters. The highest BCUT2D eigenvalue weighted by atomic mass is 16.5. The lowest BCUT2D eigenvalue weighted by Gasteiger charge is -2.14. The first kappa shape index (κ1) is 46.1. The van der Waals surface area contributed by atoms with Crippen molar-refractivity contribution in [2.45, 2.75) is 33.1 Å². The normalized spacial score (nSPS) is 10.8. The Morgan fingerprint density at radius 2 is 1.15 bits per heavy atom. The van der Waals surface area contributed by atoms with Crippen molar-refractivity contribution in [2.24, 2.45) is 0 Å². The first-order chi connectivity index (χ1) is 32.2. The monoisotopic (exact) mass is 895 g/mol.